The van der Waals surface area contributed by atoms with Crippen molar-refractivity contribution in [1.82, 2.24) is 0 Å². The summed E-state index contributed by atoms with van der Waals surface area (Å²) in [5, 5.41) is 0. The molecule has 0 aliphatic heterocycles. The van der Waals surface area contributed by atoms with Crippen LogP contribution >= 0.6 is 12.6 Å². The Bertz CT molecular complexity index is 78.9. The van der Waals surface area contributed by atoms with Crippen molar-refractivity contribution in [3.05, 3.63) is 12.7 Å². The molecule has 0 saturated carbocycles. The smallest absolute Gasteiger partial charge is 0.00369 e. The van der Waals surface area contributed by atoms with Gasteiger partial charge in [0, 0.05) is 5.75 Å². The van der Waals surface area contributed by atoms with E-state index in [0.29, 0.717) is 0 Å². The minimum atomic E-state index is 0.937. The Morgan fingerprint density at radius 3 is 2.00 bits per heavy atom. The highest BCUT2D eigenvalue weighted by Crippen LogP contribution is 2.07. The van der Waals surface area contributed by atoms with Gasteiger partial charge in [-0.2, -0.15) is 0 Å². The molecule has 0 N–H and O–H groups in total. The van der Waals surface area contributed by atoms with Crippen LogP contribution in [-0.2, 0) is 0 Å². The Morgan fingerprint density at radius 1 is 0.909 bits per heavy atom. The second-order valence-electron chi connectivity index (χ2n) is 2.90. The van der Waals surface area contributed by atoms with E-state index in [1.165, 1.54) is 44.9 Å². The average Bonchev–Trinajstić information content (AvgIpc) is 2.03. The molecular weight excluding hydrogens is 152 g/mol. The summed E-state index contributed by atoms with van der Waals surface area (Å²) in [5.74, 6) is 0.937. The van der Waals surface area contributed by atoms with Gasteiger partial charge >= 0.3 is 0 Å². The fraction of sp³-hybridized carbons (Fsp3) is 0.800. The fourth-order valence-corrected chi connectivity index (χ4v) is 1.30. The van der Waals surface area contributed by atoms with Crippen LogP contribution in [0.5, 0.6) is 0 Å². The number of rotatable bonds is 8. The van der Waals surface area contributed by atoms with E-state index in [1.54, 1.807) is 0 Å². The van der Waals surface area contributed by atoms with E-state index >= 15 is 0 Å². The van der Waals surface area contributed by atoms with Crippen LogP contribution < -0.4 is 0 Å². The molecule has 0 aromatic carbocycles. The molecule has 0 unspecified atom stereocenters. The zero-order valence-corrected chi connectivity index (χ0v) is 8.17. The molecule has 0 heterocycles. The molecule has 65 valence electrons. The molecule has 0 saturated heterocycles. The second-order valence-corrected chi connectivity index (χ2v) is 3.31. The maximum Gasteiger partial charge on any atom is 0.00369 e. The molecular formula is C10H19S. The molecule has 1 radical (unpaired) electrons. The molecule has 0 aromatic rings. The molecule has 11 heavy (non-hydrogen) atoms. The molecule has 1 heteroatoms. The topological polar surface area (TPSA) is 0 Å². The van der Waals surface area contributed by atoms with Crippen molar-refractivity contribution >= 4 is 12.6 Å². The van der Waals surface area contributed by atoms with Crippen LogP contribution in [0.3, 0.4) is 0 Å². The average molecular weight is 171 g/mol. The third-order valence-electron chi connectivity index (χ3n) is 1.80. The van der Waals surface area contributed by atoms with E-state index in [4.69, 9.17) is 12.6 Å². The Morgan fingerprint density at radius 2 is 1.45 bits per heavy atom. The summed E-state index contributed by atoms with van der Waals surface area (Å²) >= 11 is 4.86. The van der Waals surface area contributed by atoms with Crippen molar-refractivity contribution in [2.75, 3.05) is 5.75 Å². The quantitative estimate of drug-likeness (QED) is 0.381. The molecule has 0 atom stereocenters. The monoisotopic (exact) mass is 171 g/mol. The van der Waals surface area contributed by atoms with E-state index in [0.717, 1.165) is 5.75 Å². The predicted molar refractivity (Wildman–Crippen MR) is 55.0 cm³/mol. The third-order valence-corrected chi connectivity index (χ3v) is 2.09. The summed E-state index contributed by atoms with van der Waals surface area (Å²) in [5.41, 5.74) is 0. The van der Waals surface area contributed by atoms with Crippen LogP contribution in [0.4, 0.5) is 0 Å². The molecule has 0 bridgehead atoms. The standard InChI is InChI=1S/C10H19S/c1-2-3-4-5-6-7-8-9-10-11/h2H,1,3-10H2. The fourth-order valence-electron chi connectivity index (χ4n) is 1.10. The summed E-state index contributed by atoms with van der Waals surface area (Å²) in [6, 6.07) is 0. The number of hydrogen-bond acceptors (Lipinski definition) is 0. The van der Waals surface area contributed by atoms with Gasteiger partial charge < -0.3 is 0 Å². The molecule has 0 nitrogen and oxygen atoms in total. The lowest BCUT2D eigenvalue weighted by molar-refractivity contribution is 0.613. The predicted octanol–water partition coefficient (Wildman–Crippen LogP) is 4.10. The van der Waals surface area contributed by atoms with Gasteiger partial charge in [0.15, 0.2) is 0 Å². The summed E-state index contributed by atoms with van der Waals surface area (Å²) in [6.45, 7) is 3.69. The highest BCUT2D eigenvalue weighted by molar-refractivity contribution is 7.80. The van der Waals surface area contributed by atoms with E-state index in [9.17, 15) is 0 Å². The first-order chi connectivity index (χ1) is 5.41. The van der Waals surface area contributed by atoms with E-state index in [-0.39, 0.29) is 0 Å². The van der Waals surface area contributed by atoms with Crippen molar-refractivity contribution in [1.29, 1.82) is 0 Å². The molecule has 0 spiro atoms. The van der Waals surface area contributed by atoms with Gasteiger partial charge in [0.1, 0.15) is 0 Å². The first-order valence-electron chi connectivity index (χ1n) is 4.61. The number of allylic oxidation sites excluding steroid dienone is 1. The minimum Gasteiger partial charge on any atom is -0.103 e. The maximum atomic E-state index is 4.86. The van der Waals surface area contributed by atoms with E-state index in [1.807, 2.05) is 6.08 Å². The van der Waals surface area contributed by atoms with Gasteiger partial charge in [-0.3, -0.25) is 0 Å². The van der Waals surface area contributed by atoms with Gasteiger partial charge in [-0.05, 0) is 19.3 Å². The highest BCUT2D eigenvalue weighted by atomic mass is 32.1. The molecule has 0 aliphatic rings. The lowest BCUT2D eigenvalue weighted by atomic mass is 10.1. The first-order valence-corrected chi connectivity index (χ1v) is 5.18. The van der Waals surface area contributed by atoms with Gasteiger partial charge in [0.05, 0.1) is 0 Å². The molecule has 0 aromatic heterocycles. The van der Waals surface area contributed by atoms with Crippen molar-refractivity contribution < 1.29 is 0 Å². The third kappa shape index (κ3) is 10.1. The van der Waals surface area contributed by atoms with Crippen LogP contribution in [0.2, 0.25) is 0 Å². The lowest BCUT2D eigenvalue weighted by Crippen LogP contribution is -1.79. The molecule has 0 aliphatic carbocycles. The van der Waals surface area contributed by atoms with Crippen molar-refractivity contribution in [2.24, 2.45) is 0 Å². The Balaban J connectivity index is 2.74. The van der Waals surface area contributed by atoms with Crippen LogP contribution in [0.25, 0.3) is 0 Å². The SMILES string of the molecule is C=CCCCCCCCC[S]. The van der Waals surface area contributed by atoms with Crippen LogP contribution in [0.1, 0.15) is 44.9 Å². The summed E-state index contributed by atoms with van der Waals surface area (Å²) in [7, 11) is 0. The Kier molecular flexibility index (Phi) is 10.2. The minimum absolute atomic E-state index is 0.937. The van der Waals surface area contributed by atoms with Gasteiger partial charge in [-0.1, -0.05) is 44.4 Å². The maximum absolute atomic E-state index is 4.86. The van der Waals surface area contributed by atoms with E-state index in [2.05, 4.69) is 6.58 Å². The normalized spacial score (nSPS) is 9.91. The van der Waals surface area contributed by atoms with Gasteiger partial charge in [-0.25, -0.2) is 0 Å². The van der Waals surface area contributed by atoms with Crippen LogP contribution in [0, 0.1) is 0 Å². The molecule has 0 rings (SSSR count). The van der Waals surface area contributed by atoms with Crippen molar-refractivity contribution in [3.8, 4) is 0 Å². The first kappa shape index (κ1) is 11.1. The largest absolute Gasteiger partial charge is 0.103 e. The highest BCUT2D eigenvalue weighted by Gasteiger charge is 1.88. The van der Waals surface area contributed by atoms with Gasteiger partial charge in [-0.15, -0.1) is 6.58 Å². The van der Waals surface area contributed by atoms with Gasteiger partial charge in [0.2, 0.25) is 0 Å². The number of unbranched alkanes of at least 4 members (excludes halogenated alkanes) is 6. The second kappa shape index (κ2) is 10.1. The zero-order chi connectivity index (χ0) is 8.36. The Labute approximate surface area is 76.5 Å². The summed E-state index contributed by atoms with van der Waals surface area (Å²) in [6.07, 6.45) is 11.2. The van der Waals surface area contributed by atoms with Gasteiger partial charge in [0.25, 0.3) is 0 Å². The van der Waals surface area contributed by atoms with Crippen molar-refractivity contribution in [3.63, 3.8) is 0 Å². The van der Waals surface area contributed by atoms with E-state index < -0.39 is 0 Å². The Hall–Kier alpha value is 0.0900. The van der Waals surface area contributed by atoms with Crippen LogP contribution in [0.15, 0.2) is 12.7 Å². The molecule has 0 amide bonds. The molecule has 0 fully saturated rings. The number of hydrogen-bond donors (Lipinski definition) is 0. The summed E-state index contributed by atoms with van der Waals surface area (Å²) < 4.78 is 0. The lowest BCUT2D eigenvalue weighted by Gasteiger charge is -1.97. The van der Waals surface area contributed by atoms with Crippen molar-refractivity contribution in [2.45, 2.75) is 44.9 Å². The zero-order valence-electron chi connectivity index (χ0n) is 7.35. The summed E-state index contributed by atoms with van der Waals surface area (Å²) in [4.78, 5) is 0. The van der Waals surface area contributed by atoms with Crippen LogP contribution in [-0.4, -0.2) is 5.75 Å².